The van der Waals surface area contributed by atoms with Crippen molar-refractivity contribution >= 4 is 27.7 Å². The Labute approximate surface area is 186 Å². The maximum atomic E-state index is 12.2. The van der Waals surface area contributed by atoms with Crippen LogP contribution < -0.4 is 20.3 Å². The molecule has 0 radical (unpaired) electrons. The second-order valence-electron chi connectivity index (χ2n) is 7.33. The summed E-state index contributed by atoms with van der Waals surface area (Å²) in [5.41, 5.74) is 7.77. The summed E-state index contributed by atoms with van der Waals surface area (Å²) in [6, 6.07) is 11.5. The van der Waals surface area contributed by atoms with Gasteiger partial charge in [0.2, 0.25) is 0 Å². The summed E-state index contributed by atoms with van der Waals surface area (Å²) in [6.45, 7) is 9.54. The zero-order valence-corrected chi connectivity index (χ0v) is 19.6. The van der Waals surface area contributed by atoms with E-state index in [2.05, 4.69) is 40.6 Å². The third-order valence-corrected chi connectivity index (χ3v) is 5.30. The molecule has 0 bridgehead atoms. The first-order valence-corrected chi connectivity index (χ1v) is 10.7. The fourth-order valence-corrected chi connectivity index (χ4v) is 3.55. The second kappa shape index (κ2) is 11.0. The first-order chi connectivity index (χ1) is 14.2. The number of aryl methyl sites for hydroxylation is 2. The van der Waals surface area contributed by atoms with E-state index < -0.39 is 17.9 Å². The van der Waals surface area contributed by atoms with Crippen LogP contribution in [0.3, 0.4) is 0 Å². The maximum absolute atomic E-state index is 12.2. The molecule has 0 aliphatic carbocycles. The van der Waals surface area contributed by atoms with Crippen molar-refractivity contribution in [3.63, 3.8) is 0 Å². The van der Waals surface area contributed by atoms with Crippen molar-refractivity contribution in [1.82, 2.24) is 10.9 Å². The van der Waals surface area contributed by atoms with E-state index in [4.69, 9.17) is 9.47 Å². The lowest BCUT2D eigenvalue weighted by molar-refractivity contribution is -0.133. The molecular weight excluding hydrogens is 448 g/mol. The average Bonchev–Trinajstić information content (AvgIpc) is 2.72. The van der Waals surface area contributed by atoms with Crippen molar-refractivity contribution in [3.8, 4) is 11.5 Å². The van der Waals surface area contributed by atoms with Gasteiger partial charge in [-0.15, -0.1) is 0 Å². The van der Waals surface area contributed by atoms with Crippen molar-refractivity contribution < 1.29 is 19.1 Å². The highest BCUT2D eigenvalue weighted by Gasteiger charge is 2.18. The molecule has 2 atom stereocenters. The lowest BCUT2D eigenvalue weighted by Gasteiger charge is -2.18. The molecule has 0 saturated carbocycles. The van der Waals surface area contributed by atoms with Crippen molar-refractivity contribution in [2.75, 3.05) is 6.61 Å². The SMILES string of the molecule is CCC(C)c1ccc(OCC(=O)NNC(=O)C(C)Oc2c(C)cc(Br)cc2C)cc1. The number of carbonyl (C=O) groups is 2. The molecule has 7 heteroatoms. The van der Waals surface area contributed by atoms with Gasteiger partial charge in [0.25, 0.3) is 11.8 Å². The van der Waals surface area contributed by atoms with Crippen LogP contribution in [0, 0.1) is 13.8 Å². The third-order valence-electron chi connectivity index (χ3n) is 4.85. The summed E-state index contributed by atoms with van der Waals surface area (Å²) in [4.78, 5) is 24.2. The molecule has 2 aromatic carbocycles. The maximum Gasteiger partial charge on any atom is 0.279 e. The number of hydrazine groups is 1. The Balaban J connectivity index is 1.79. The van der Waals surface area contributed by atoms with Crippen LogP contribution in [0.2, 0.25) is 0 Å². The van der Waals surface area contributed by atoms with Gasteiger partial charge in [-0.2, -0.15) is 0 Å². The highest BCUT2D eigenvalue weighted by molar-refractivity contribution is 9.10. The Hall–Kier alpha value is -2.54. The second-order valence-corrected chi connectivity index (χ2v) is 8.25. The molecule has 6 nitrogen and oxygen atoms in total. The first-order valence-electron chi connectivity index (χ1n) is 9.96. The van der Waals surface area contributed by atoms with Crippen molar-refractivity contribution in [3.05, 3.63) is 57.6 Å². The minimum atomic E-state index is -0.780. The number of ether oxygens (including phenoxy) is 2. The van der Waals surface area contributed by atoms with Gasteiger partial charge in [-0.25, -0.2) is 0 Å². The summed E-state index contributed by atoms with van der Waals surface area (Å²) >= 11 is 3.43. The summed E-state index contributed by atoms with van der Waals surface area (Å²) < 4.78 is 12.2. The summed E-state index contributed by atoms with van der Waals surface area (Å²) in [5, 5.41) is 0. The van der Waals surface area contributed by atoms with Crippen molar-refractivity contribution in [2.45, 2.75) is 53.1 Å². The lowest BCUT2D eigenvalue weighted by atomic mass is 9.99. The number of benzene rings is 2. The number of amides is 2. The third kappa shape index (κ3) is 6.76. The normalized spacial score (nSPS) is 12.6. The predicted octanol–water partition coefficient (Wildman–Crippen LogP) is 4.57. The number of halogens is 1. The number of hydrogen-bond acceptors (Lipinski definition) is 4. The molecule has 0 aliphatic rings. The zero-order chi connectivity index (χ0) is 22.3. The quantitative estimate of drug-likeness (QED) is 0.546. The fraction of sp³-hybridized carbons (Fsp3) is 0.391. The highest BCUT2D eigenvalue weighted by atomic mass is 79.9. The minimum Gasteiger partial charge on any atom is -0.484 e. The van der Waals surface area contributed by atoms with Crippen molar-refractivity contribution in [1.29, 1.82) is 0 Å². The van der Waals surface area contributed by atoms with Gasteiger partial charge in [0.1, 0.15) is 11.5 Å². The Kier molecular flexibility index (Phi) is 8.72. The van der Waals surface area contributed by atoms with Crippen LogP contribution in [0.4, 0.5) is 0 Å². The average molecular weight is 477 g/mol. The molecule has 0 fully saturated rings. The Morgan fingerprint density at radius 1 is 1.03 bits per heavy atom. The van der Waals surface area contributed by atoms with Gasteiger partial charge in [-0.1, -0.05) is 41.9 Å². The summed E-state index contributed by atoms with van der Waals surface area (Å²) in [7, 11) is 0. The number of nitrogens with one attached hydrogen (secondary N) is 2. The van der Waals surface area contributed by atoms with E-state index in [0.29, 0.717) is 17.4 Å². The monoisotopic (exact) mass is 476 g/mol. The van der Waals surface area contributed by atoms with Crippen LogP contribution in [-0.4, -0.2) is 24.5 Å². The molecule has 2 rings (SSSR count). The van der Waals surface area contributed by atoms with Gasteiger partial charge in [0.15, 0.2) is 12.7 Å². The van der Waals surface area contributed by atoms with E-state index in [1.807, 2.05) is 50.2 Å². The smallest absolute Gasteiger partial charge is 0.279 e. The predicted molar refractivity (Wildman–Crippen MR) is 121 cm³/mol. The molecular formula is C23H29BrN2O4. The van der Waals surface area contributed by atoms with Crippen LogP contribution in [-0.2, 0) is 9.59 Å². The molecule has 0 heterocycles. The molecule has 0 spiro atoms. The number of carbonyl (C=O) groups excluding carboxylic acids is 2. The largest absolute Gasteiger partial charge is 0.484 e. The number of rotatable bonds is 8. The Morgan fingerprint density at radius 3 is 2.20 bits per heavy atom. The molecule has 0 saturated heterocycles. The van der Waals surface area contributed by atoms with Gasteiger partial charge in [0, 0.05) is 4.47 Å². The topological polar surface area (TPSA) is 76.7 Å². The molecule has 2 amide bonds. The molecule has 162 valence electrons. The molecule has 0 aromatic heterocycles. The van der Waals surface area contributed by atoms with Crippen LogP contribution >= 0.6 is 15.9 Å². The van der Waals surface area contributed by atoms with E-state index in [9.17, 15) is 9.59 Å². The van der Waals surface area contributed by atoms with Gasteiger partial charge in [0.05, 0.1) is 0 Å². The van der Waals surface area contributed by atoms with Crippen LogP contribution in [0.25, 0.3) is 0 Å². The van der Waals surface area contributed by atoms with E-state index in [-0.39, 0.29) is 6.61 Å². The fourth-order valence-electron chi connectivity index (χ4n) is 2.86. The van der Waals surface area contributed by atoms with Gasteiger partial charge in [-0.05, 0) is 74.1 Å². The number of hydrogen-bond donors (Lipinski definition) is 2. The Bertz CT molecular complexity index is 860. The molecule has 30 heavy (non-hydrogen) atoms. The van der Waals surface area contributed by atoms with Gasteiger partial charge < -0.3 is 9.47 Å². The van der Waals surface area contributed by atoms with Gasteiger partial charge in [-0.3, -0.25) is 20.4 Å². The minimum absolute atomic E-state index is 0.205. The molecule has 2 N–H and O–H groups in total. The molecule has 0 aliphatic heterocycles. The van der Waals surface area contributed by atoms with Crippen LogP contribution in [0.1, 0.15) is 49.8 Å². The van der Waals surface area contributed by atoms with Crippen molar-refractivity contribution in [2.24, 2.45) is 0 Å². The van der Waals surface area contributed by atoms with E-state index in [1.54, 1.807) is 6.92 Å². The molecule has 2 unspecified atom stereocenters. The molecule has 2 aromatic rings. The highest BCUT2D eigenvalue weighted by Crippen LogP contribution is 2.28. The zero-order valence-electron chi connectivity index (χ0n) is 18.0. The summed E-state index contributed by atoms with van der Waals surface area (Å²) in [6.07, 6.45) is 0.281. The van der Waals surface area contributed by atoms with Crippen LogP contribution in [0.5, 0.6) is 11.5 Å². The summed E-state index contributed by atoms with van der Waals surface area (Å²) in [5.74, 6) is 0.810. The van der Waals surface area contributed by atoms with E-state index >= 15 is 0 Å². The first kappa shape index (κ1) is 23.7. The standard InChI is InChI=1S/C23H29BrN2O4/c1-6-14(2)18-7-9-20(10-8-18)29-13-21(27)25-26-23(28)17(5)30-22-15(3)11-19(24)12-16(22)4/h7-12,14,17H,6,13H2,1-5H3,(H,25,27)(H,26,28). The van der Waals surface area contributed by atoms with Crippen LogP contribution in [0.15, 0.2) is 40.9 Å². The lowest BCUT2D eigenvalue weighted by Crippen LogP contribution is -2.48. The van der Waals surface area contributed by atoms with E-state index in [1.165, 1.54) is 5.56 Å². The van der Waals surface area contributed by atoms with E-state index in [0.717, 1.165) is 22.0 Å². The Morgan fingerprint density at radius 2 is 1.63 bits per heavy atom. The van der Waals surface area contributed by atoms with Gasteiger partial charge >= 0.3 is 0 Å².